The molecule has 0 radical (unpaired) electrons. The van der Waals surface area contributed by atoms with E-state index in [0.717, 1.165) is 11.1 Å². The molecule has 0 spiro atoms. The van der Waals surface area contributed by atoms with Gasteiger partial charge in [0.2, 0.25) is 0 Å². The van der Waals surface area contributed by atoms with Crippen molar-refractivity contribution >= 4 is 16.1 Å². The fourth-order valence-electron chi connectivity index (χ4n) is 2.68. The van der Waals surface area contributed by atoms with Gasteiger partial charge in [-0.1, -0.05) is 29.8 Å². The van der Waals surface area contributed by atoms with Crippen LogP contribution in [0.4, 0.5) is 8.78 Å². The molecule has 1 saturated carbocycles. The van der Waals surface area contributed by atoms with E-state index in [-0.39, 0.29) is 5.92 Å². The average molecular weight is 348 g/mol. The van der Waals surface area contributed by atoms with Crippen molar-refractivity contribution in [2.45, 2.75) is 49.9 Å². The van der Waals surface area contributed by atoms with E-state index in [9.17, 15) is 22.0 Å². The first-order valence-electron chi connectivity index (χ1n) is 7.23. The predicted molar refractivity (Wildman–Crippen MR) is 78.8 cm³/mol. The van der Waals surface area contributed by atoms with Crippen LogP contribution in [-0.4, -0.2) is 30.3 Å². The summed E-state index contributed by atoms with van der Waals surface area (Å²) >= 11 is 0. The van der Waals surface area contributed by atoms with E-state index in [4.69, 9.17) is 4.55 Å². The molecule has 0 aromatic heterocycles. The molecule has 2 rings (SSSR count). The third kappa shape index (κ3) is 4.06. The number of alkyl halides is 2. The van der Waals surface area contributed by atoms with Crippen molar-refractivity contribution in [3.8, 4) is 0 Å². The first-order chi connectivity index (χ1) is 10.6. The van der Waals surface area contributed by atoms with E-state index in [0.29, 0.717) is 25.7 Å². The minimum Gasteiger partial charge on any atom is -0.457 e. The number of carbonyl (C=O) groups excluding carboxylic acids is 1. The third-order valence-electron chi connectivity index (χ3n) is 4.06. The lowest BCUT2D eigenvalue weighted by molar-refractivity contribution is -0.168. The highest BCUT2D eigenvalue weighted by molar-refractivity contribution is 7.87. The molecule has 5 nitrogen and oxygen atoms in total. The third-order valence-corrected chi connectivity index (χ3v) is 4.87. The summed E-state index contributed by atoms with van der Waals surface area (Å²) in [5, 5.41) is -4.93. The highest BCUT2D eigenvalue weighted by atomic mass is 32.2. The first-order valence-corrected chi connectivity index (χ1v) is 8.68. The largest absolute Gasteiger partial charge is 0.465 e. The molecule has 1 aliphatic rings. The Morgan fingerprint density at radius 3 is 2.17 bits per heavy atom. The standard InChI is InChI=1S/C15H18F2O5S/c1-10-2-4-11(5-3-10)12-6-8-13(9-7-12)22-14(18)15(16,17)23(19,20)21/h2-5,12-13H,6-9H2,1H3,(H,19,20,21). The molecule has 128 valence electrons. The summed E-state index contributed by atoms with van der Waals surface area (Å²) in [6, 6.07) is 8.01. The molecule has 0 bridgehead atoms. The van der Waals surface area contributed by atoms with Crippen LogP contribution in [0.15, 0.2) is 24.3 Å². The van der Waals surface area contributed by atoms with Gasteiger partial charge in [0.05, 0.1) is 0 Å². The van der Waals surface area contributed by atoms with Crippen molar-refractivity contribution in [1.29, 1.82) is 0 Å². The second kappa shape index (κ2) is 6.52. The Morgan fingerprint density at radius 2 is 1.70 bits per heavy atom. The lowest BCUT2D eigenvalue weighted by Crippen LogP contribution is -2.41. The summed E-state index contributed by atoms with van der Waals surface area (Å²) in [5.41, 5.74) is 2.28. The van der Waals surface area contributed by atoms with Gasteiger partial charge in [-0.2, -0.15) is 17.2 Å². The second-order valence-corrected chi connectivity index (χ2v) is 7.24. The number of rotatable bonds is 4. The molecule has 0 unspecified atom stereocenters. The quantitative estimate of drug-likeness (QED) is 0.668. The maximum atomic E-state index is 13.1. The van der Waals surface area contributed by atoms with Crippen LogP contribution in [0.3, 0.4) is 0 Å². The molecule has 0 heterocycles. The van der Waals surface area contributed by atoms with E-state index >= 15 is 0 Å². The number of esters is 1. The Balaban J connectivity index is 1.92. The Kier molecular flexibility index (Phi) is 5.05. The van der Waals surface area contributed by atoms with Crippen LogP contribution in [0.25, 0.3) is 0 Å². The number of hydrogen-bond donors (Lipinski definition) is 1. The normalized spacial score (nSPS) is 22.6. The summed E-state index contributed by atoms with van der Waals surface area (Å²) in [6.07, 6.45) is 1.27. The molecule has 1 aromatic rings. The first kappa shape index (κ1) is 17.8. The summed E-state index contributed by atoms with van der Waals surface area (Å²) in [6.45, 7) is 1.98. The van der Waals surface area contributed by atoms with E-state index in [1.54, 1.807) is 0 Å². The molecule has 23 heavy (non-hydrogen) atoms. The highest BCUT2D eigenvalue weighted by Crippen LogP contribution is 2.35. The predicted octanol–water partition coefficient (Wildman–Crippen LogP) is 3.05. The Hall–Kier alpha value is -1.54. The van der Waals surface area contributed by atoms with Crippen molar-refractivity contribution in [3.05, 3.63) is 35.4 Å². The second-order valence-electron chi connectivity index (χ2n) is 5.78. The minimum atomic E-state index is -5.82. The van der Waals surface area contributed by atoms with Gasteiger partial charge in [0.1, 0.15) is 6.10 Å². The molecule has 0 aliphatic heterocycles. The number of benzene rings is 1. The monoisotopic (exact) mass is 348 g/mol. The van der Waals surface area contributed by atoms with Gasteiger partial charge >= 0.3 is 21.3 Å². The van der Waals surface area contributed by atoms with Crippen molar-refractivity contribution < 1.29 is 31.3 Å². The SMILES string of the molecule is Cc1ccc(C2CCC(OC(=O)C(F)(F)S(=O)(=O)O)CC2)cc1. The van der Waals surface area contributed by atoms with Gasteiger partial charge < -0.3 is 4.74 Å². The molecular formula is C15H18F2O5S. The molecule has 1 N–H and O–H groups in total. The van der Waals surface area contributed by atoms with Crippen molar-refractivity contribution in [2.24, 2.45) is 0 Å². The molecule has 1 aromatic carbocycles. The van der Waals surface area contributed by atoms with E-state index in [1.807, 2.05) is 31.2 Å². The summed E-state index contributed by atoms with van der Waals surface area (Å²) < 4.78 is 60.2. The Morgan fingerprint density at radius 1 is 1.17 bits per heavy atom. The summed E-state index contributed by atoms with van der Waals surface area (Å²) in [7, 11) is -5.82. The lowest BCUT2D eigenvalue weighted by atomic mass is 9.82. The van der Waals surface area contributed by atoms with Gasteiger partial charge in [-0.25, -0.2) is 4.79 Å². The van der Waals surface area contributed by atoms with Crippen LogP contribution in [-0.2, 0) is 19.6 Å². The van der Waals surface area contributed by atoms with Crippen LogP contribution < -0.4 is 0 Å². The van der Waals surface area contributed by atoms with Gasteiger partial charge in [0.15, 0.2) is 0 Å². The van der Waals surface area contributed by atoms with Crippen LogP contribution in [0, 0.1) is 6.92 Å². The van der Waals surface area contributed by atoms with Gasteiger partial charge in [-0.05, 0) is 44.1 Å². The zero-order chi connectivity index (χ0) is 17.3. The number of carbonyl (C=O) groups is 1. The fraction of sp³-hybridized carbons (Fsp3) is 0.533. The van der Waals surface area contributed by atoms with Gasteiger partial charge in [0.25, 0.3) is 0 Å². The minimum absolute atomic E-state index is 0.257. The maximum absolute atomic E-state index is 13.1. The number of hydrogen-bond acceptors (Lipinski definition) is 4. The smallest absolute Gasteiger partial charge is 0.457 e. The van der Waals surface area contributed by atoms with Crippen molar-refractivity contribution in [1.82, 2.24) is 0 Å². The average Bonchev–Trinajstić information content (AvgIpc) is 2.47. The highest BCUT2D eigenvalue weighted by Gasteiger charge is 2.54. The van der Waals surface area contributed by atoms with E-state index in [2.05, 4.69) is 4.74 Å². The van der Waals surface area contributed by atoms with E-state index < -0.39 is 27.4 Å². The molecule has 0 saturated heterocycles. The number of halogens is 2. The van der Waals surface area contributed by atoms with Gasteiger partial charge in [-0.3, -0.25) is 4.55 Å². The van der Waals surface area contributed by atoms with Crippen LogP contribution >= 0.6 is 0 Å². The molecule has 8 heteroatoms. The van der Waals surface area contributed by atoms with Gasteiger partial charge in [-0.15, -0.1) is 0 Å². The van der Waals surface area contributed by atoms with Crippen molar-refractivity contribution in [2.75, 3.05) is 0 Å². The fourth-order valence-corrected chi connectivity index (χ4v) is 2.94. The summed E-state index contributed by atoms with van der Waals surface area (Å²) in [5.74, 6) is -1.97. The van der Waals surface area contributed by atoms with E-state index in [1.165, 1.54) is 0 Å². The van der Waals surface area contributed by atoms with Crippen LogP contribution in [0.2, 0.25) is 0 Å². The Bertz CT molecular complexity index is 662. The zero-order valence-electron chi connectivity index (χ0n) is 12.5. The summed E-state index contributed by atoms with van der Waals surface area (Å²) in [4.78, 5) is 11.3. The molecule has 1 fully saturated rings. The Labute approximate surface area is 133 Å². The number of ether oxygens (including phenoxy) is 1. The topological polar surface area (TPSA) is 80.7 Å². The van der Waals surface area contributed by atoms with Crippen LogP contribution in [0.5, 0.6) is 0 Å². The molecular weight excluding hydrogens is 330 g/mol. The molecule has 0 amide bonds. The van der Waals surface area contributed by atoms with Crippen LogP contribution in [0.1, 0.15) is 42.7 Å². The van der Waals surface area contributed by atoms with Gasteiger partial charge in [0, 0.05) is 0 Å². The number of aryl methyl sites for hydroxylation is 1. The molecule has 0 atom stereocenters. The maximum Gasteiger partial charge on any atom is 0.465 e. The van der Waals surface area contributed by atoms with Crippen molar-refractivity contribution in [3.63, 3.8) is 0 Å². The molecule has 1 aliphatic carbocycles. The zero-order valence-corrected chi connectivity index (χ0v) is 13.4. The lowest BCUT2D eigenvalue weighted by Gasteiger charge is -2.29.